The fourth-order valence-electron chi connectivity index (χ4n) is 4.01. The zero-order valence-electron chi connectivity index (χ0n) is 18.8. The summed E-state index contributed by atoms with van der Waals surface area (Å²) in [6.45, 7) is 2.11. The van der Waals surface area contributed by atoms with Crippen LogP contribution < -0.4 is 14.2 Å². The van der Waals surface area contributed by atoms with Gasteiger partial charge >= 0.3 is 0 Å². The van der Waals surface area contributed by atoms with E-state index in [-0.39, 0.29) is 5.91 Å². The lowest BCUT2D eigenvalue weighted by atomic mass is 10.1. The van der Waals surface area contributed by atoms with Gasteiger partial charge in [0.05, 0.1) is 39.3 Å². The quantitative estimate of drug-likeness (QED) is 0.562. The van der Waals surface area contributed by atoms with Gasteiger partial charge in [-0.3, -0.25) is 9.48 Å². The molecule has 0 radical (unpaired) electrons. The third-order valence-electron chi connectivity index (χ3n) is 5.83. The summed E-state index contributed by atoms with van der Waals surface area (Å²) in [4.78, 5) is 14.9. The summed E-state index contributed by atoms with van der Waals surface area (Å²) in [5.41, 5.74) is 4.01. The van der Waals surface area contributed by atoms with Crippen LogP contribution in [0.5, 0.6) is 17.2 Å². The van der Waals surface area contributed by atoms with Crippen molar-refractivity contribution < 1.29 is 19.0 Å². The molecule has 168 valence electrons. The second-order valence-electron chi connectivity index (χ2n) is 7.83. The molecule has 0 fully saturated rings. The van der Waals surface area contributed by atoms with Gasteiger partial charge in [-0.2, -0.15) is 5.10 Å². The van der Waals surface area contributed by atoms with Crippen molar-refractivity contribution in [3.05, 3.63) is 59.8 Å². The predicted octanol–water partition coefficient (Wildman–Crippen LogP) is 3.94. The first-order valence-electron chi connectivity index (χ1n) is 10.8. The Balaban J connectivity index is 1.45. The molecule has 0 unspecified atom stereocenters. The minimum absolute atomic E-state index is 0.170. The van der Waals surface area contributed by atoms with Gasteiger partial charge in [0.1, 0.15) is 5.75 Å². The number of aryl methyl sites for hydroxylation is 2. The highest BCUT2D eigenvalue weighted by atomic mass is 16.5. The predicted molar refractivity (Wildman–Crippen MR) is 122 cm³/mol. The van der Waals surface area contributed by atoms with Crippen LogP contribution in [0.25, 0.3) is 11.3 Å². The number of benzene rings is 2. The van der Waals surface area contributed by atoms with E-state index in [0.717, 1.165) is 54.2 Å². The number of rotatable bonds is 7. The molecule has 0 N–H and O–H groups in total. The minimum atomic E-state index is 0.170. The van der Waals surface area contributed by atoms with Crippen LogP contribution in [0.4, 0.5) is 0 Å². The van der Waals surface area contributed by atoms with E-state index in [0.29, 0.717) is 24.5 Å². The average molecular weight is 436 g/mol. The lowest BCUT2D eigenvalue weighted by Crippen LogP contribution is -2.30. The van der Waals surface area contributed by atoms with Gasteiger partial charge in [-0.15, -0.1) is 0 Å². The Bertz CT molecular complexity index is 1080. The first-order valence-corrected chi connectivity index (χ1v) is 10.8. The maximum absolute atomic E-state index is 12.9. The zero-order chi connectivity index (χ0) is 22.5. The first-order chi connectivity index (χ1) is 15.6. The van der Waals surface area contributed by atoms with Gasteiger partial charge in [0, 0.05) is 25.1 Å². The van der Waals surface area contributed by atoms with E-state index >= 15 is 0 Å². The standard InChI is InChI=1S/C25H29N3O4/c1-30-21-9-5-18(6-10-21)7-12-25(29)27-13-4-14-28-20(17-27)16-22(26-28)19-8-11-23(31-2)24(15-19)32-3/h5-6,8-11,15-16H,4,7,12-14,17H2,1-3H3. The molecule has 2 aromatic carbocycles. The molecule has 1 amide bonds. The van der Waals surface area contributed by atoms with E-state index < -0.39 is 0 Å². The van der Waals surface area contributed by atoms with Gasteiger partial charge in [-0.1, -0.05) is 12.1 Å². The SMILES string of the molecule is COc1ccc(CCC(=O)N2CCCn3nc(-c4ccc(OC)c(OC)c4)cc3C2)cc1. The number of carbonyl (C=O) groups excluding carboxylic acids is 1. The Morgan fingerprint density at radius 3 is 2.44 bits per heavy atom. The lowest BCUT2D eigenvalue weighted by Gasteiger charge is -2.20. The molecule has 2 heterocycles. The maximum Gasteiger partial charge on any atom is 0.223 e. The van der Waals surface area contributed by atoms with Gasteiger partial charge < -0.3 is 19.1 Å². The molecule has 7 heteroatoms. The van der Waals surface area contributed by atoms with Gasteiger partial charge in [0.2, 0.25) is 5.91 Å². The van der Waals surface area contributed by atoms with E-state index in [1.807, 2.05) is 52.0 Å². The van der Waals surface area contributed by atoms with Gasteiger partial charge in [-0.25, -0.2) is 0 Å². The molecule has 1 aromatic heterocycles. The van der Waals surface area contributed by atoms with Crippen molar-refractivity contribution in [2.45, 2.75) is 32.4 Å². The highest BCUT2D eigenvalue weighted by Crippen LogP contribution is 2.32. The highest BCUT2D eigenvalue weighted by molar-refractivity contribution is 5.76. The highest BCUT2D eigenvalue weighted by Gasteiger charge is 2.21. The smallest absolute Gasteiger partial charge is 0.223 e. The van der Waals surface area contributed by atoms with Crippen molar-refractivity contribution in [2.75, 3.05) is 27.9 Å². The number of hydrogen-bond acceptors (Lipinski definition) is 5. The Morgan fingerprint density at radius 1 is 0.938 bits per heavy atom. The van der Waals surface area contributed by atoms with Crippen LogP contribution in [-0.4, -0.2) is 48.5 Å². The number of ether oxygens (including phenoxy) is 3. The third kappa shape index (κ3) is 4.72. The van der Waals surface area contributed by atoms with E-state index in [4.69, 9.17) is 19.3 Å². The van der Waals surface area contributed by atoms with Crippen LogP contribution >= 0.6 is 0 Å². The van der Waals surface area contributed by atoms with Crippen molar-refractivity contribution >= 4 is 5.91 Å². The van der Waals surface area contributed by atoms with Crippen LogP contribution in [0.15, 0.2) is 48.5 Å². The monoisotopic (exact) mass is 435 g/mol. The Kier molecular flexibility index (Phi) is 6.63. The number of carbonyl (C=O) groups is 1. The number of aromatic nitrogens is 2. The number of hydrogen-bond donors (Lipinski definition) is 0. The number of amides is 1. The molecule has 32 heavy (non-hydrogen) atoms. The second-order valence-corrected chi connectivity index (χ2v) is 7.83. The Labute approximate surface area is 188 Å². The summed E-state index contributed by atoms with van der Waals surface area (Å²) in [5.74, 6) is 2.35. The Morgan fingerprint density at radius 2 is 1.72 bits per heavy atom. The molecule has 0 aliphatic carbocycles. The molecule has 0 saturated heterocycles. The summed E-state index contributed by atoms with van der Waals surface area (Å²) in [5, 5.41) is 4.79. The molecular formula is C25H29N3O4. The van der Waals surface area contributed by atoms with Crippen LogP contribution in [0.1, 0.15) is 24.1 Å². The van der Waals surface area contributed by atoms with Crippen LogP contribution in [0, 0.1) is 0 Å². The third-order valence-corrected chi connectivity index (χ3v) is 5.83. The maximum atomic E-state index is 12.9. The number of methoxy groups -OCH3 is 3. The normalized spacial score (nSPS) is 13.3. The molecule has 3 aromatic rings. The first kappa shape index (κ1) is 21.7. The fraction of sp³-hybridized carbons (Fsp3) is 0.360. The topological polar surface area (TPSA) is 65.8 Å². The average Bonchev–Trinajstić information content (AvgIpc) is 3.13. The lowest BCUT2D eigenvalue weighted by molar-refractivity contribution is -0.131. The van der Waals surface area contributed by atoms with Gasteiger partial charge in [-0.05, 0) is 54.8 Å². The van der Waals surface area contributed by atoms with Crippen molar-refractivity contribution in [2.24, 2.45) is 0 Å². The van der Waals surface area contributed by atoms with Crippen LogP contribution in [-0.2, 0) is 24.3 Å². The van der Waals surface area contributed by atoms with E-state index in [1.165, 1.54) is 0 Å². The zero-order valence-corrected chi connectivity index (χ0v) is 18.8. The van der Waals surface area contributed by atoms with Crippen molar-refractivity contribution in [3.8, 4) is 28.5 Å². The molecule has 0 saturated carbocycles. The van der Waals surface area contributed by atoms with Gasteiger partial charge in [0.25, 0.3) is 0 Å². The van der Waals surface area contributed by atoms with Gasteiger partial charge in [0.15, 0.2) is 11.5 Å². The number of nitrogens with zero attached hydrogens (tertiary/aromatic N) is 3. The van der Waals surface area contributed by atoms with E-state index in [9.17, 15) is 4.79 Å². The molecular weight excluding hydrogens is 406 g/mol. The van der Waals surface area contributed by atoms with Crippen LogP contribution in [0.3, 0.4) is 0 Å². The minimum Gasteiger partial charge on any atom is -0.497 e. The number of fused-ring (bicyclic) bond motifs is 1. The van der Waals surface area contributed by atoms with Crippen molar-refractivity contribution in [1.82, 2.24) is 14.7 Å². The molecule has 1 aliphatic rings. The molecule has 0 spiro atoms. The molecule has 0 bridgehead atoms. The van der Waals surface area contributed by atoms with E-state index in [1.54, 1.807) is 21.3 Å². The van der Waals surface area contributed by atoms with Crippen molar-refractivity contribution in [1.29, 1.82) is 0 Å². The summed E-state index contributed by atoms with van der Waals surface area (Å²) in [7, 11) is 4.90. The Hall–Kier alpha value is -3.48. The largest absolute Gasteiger partial charge is 0.497 e. The summed E-state index contributed by atoms with van der Waals surface area (Å²) in [6.07, 6.45) is 2.09. The fourth-order valence-corrected chi connectivity index (χ4v) is 4.01. The summed E-state index contributed by atoms with van der Waals surface area (Å²) >= 11 is 0. The second kappa shape index (κ2) is 9.77. The molecule has 1 aliphatic heterocycles. The molecule has 0 atom stereocenters. The molecule has 7 nitrogen and oxygen atoms in total. The summed E-state index contributed by atoms with van der Waals surface area (Å²) in [6, 6.07) is 15.7. The molecule has 4 rings (SSSR count). The van der Waals surface area contributed by atoms with Crippen molar-refractivity contribution in [3.63, 3.8) is 0 Å². The summed E-state index contributed by atoms with van der Waals surface area (Å²) < 4.78 is 18.0. The van der Waals surface area contributed by atoms with Crippen LogP contribution in [0.2, 0.25) is 0 Å². The van der Waals surface area contributed by atoms with E-state index in [2.05, 4.69) is 6.07 Å².